The Bertz CT molecular complexity index is 448. The van der Waals surface area contributed by atoms with Crippen molar-refractivity contribution in [3.63, 3.8) is 0 Å². The van der Waals surface area contributed by atoms with E-state index in [4.69, 9.17) is 9.47 Å². The lowest BCUT2D eigenvalue weighted by atomic mass is 10.1. The summed E-state index contributed by atoms with van der Waals surface area (Å²) in [5, 5.41) is 12.5. The normalized spacial score (nSPS) is 13.0. The Morgan fingerprint density at radius 2 is 1.52 bits per heavy atom. The number of nitrogens with zero attached hydrogens (tertiary/aromatic N) is 1. The summed E-state index contributed by atoms with van der Waals surface area (Å²) in [5.74, 6) is 0.352. The van der Waals surface area contributed by atoms with Gasteiger partial charge >= 0.3 is 0 Å². The van der Waals surface area contributed by atoms with Crippen LogP contribution in [0.2, 0.25) is 0 Å². The van der Waals surface area contributed by atoms with E-state index in [2.05, 4.69) is 12.1 Å². The van der Waals surface area contributed by atoms with Crippen LogP contribution in [0.3, 0.4) is 0 Å². The topological polar surface area (TPSA) is 51.1 Å². The largest absolute Gasteiger partial charge is 0.444 e. The van der Waals surface area contributed by atoms with Gasteiger partial charge in [0.15, 0.2) is 0 Å². The molecule has 1 unspecified atom stereocenters. The van der Waals surface area contributed by atoms with Gasteiger partial charge in [-0.15, -0.1) is 0 Å². The van der Waals surface area contributed by atoms with Crippen molar-refractivity contribution in [3.8, 4) is 0 Å². The third-order valence-electron chi connectivity index (χ3n) is 4.24. The van der Waals surface area contributed by atoms with Crippen LogP contribution < -0.4 is 0 Å². The minimum Gasteiger partial charge on any atom is -0.444 e. The molecule has 0 bridgehead atoms. The summed E-state index contributed by atoms with van der Waals surface area (Å²) in [5.41, 5.74) is 0.928. The Balaban J connectivity index is 2.24. The van der Waals surface area contributed by atoms with Crippen molar-refractivity contribution in [2.75, 3.05) is 6.61 Å². The number of unbranched alkanes of at least 4 members (excludes halogenated alkanes) is 8. The van der Waals surface area contributed by atoms with E-state index in [1.807, 2.05) is 37.3 Å². The summed E-state index contributed by atoms with van der Waals surface area (Å²) < 4.78 is 11.4. The molecule has 25 heavy (non-hydrogen) atoms. The molecule has 0 radical (unpaired) electrons. The number of hydrogen-bond donors (Lipinski definition) is 1. The van der Waals surface area contributed by atoms with Gasteiger partial charge in [0.25, 0.3) is 0 Å². The highest BCUT2D eigenvalue weighted by Crippen LogP contribution is 2.20. The van der Waals surface area contributed by atoms with E-state index >= 15 is 0 Å². The van der Waals surface area contributed by atoms with Crippen molar-refractivity contribution >= 4 is 5.90 Å². The van der Waals surface area contributed by atoms with Crippen LogP contribution in [0, 0.1) is 0 Å². The van der Waals surface area contributed by atoms with Gasteiger partial charge in [0, 0.05) is 18.6 Å². The molecule has 0 aromatic heterocycles. The average Bonchev–Trinajstić information content (AvgIpc) is 2.65. The van der Waals surface area contributed by atoms with E-state index in [1.165, 1.54) is 44.9 Å². The fourth-order valence-electron chi connectivity index (χ4n) is 2.80. The number of benzene rings is 1. The van der Waals surface area contributed by atoms with Gasteiger partial charge in [-0.05, 0) is 13.3 Å². The molecule has 0 spiro atoms. The van der Waals surface area contributed by atoms with Gasteiger partial charge in [-0.25, -0.2) is 0 Å². The molecule has 0 amide bonds. The third-order valence-corrected chi connectivity index (χ3v) is 4.24. The molecule has 1 aromatic carbocycles. The second kappa shape index (κ2) is 14.8. The molecule has 0 aliphatic carbocycles. The van der Waals surface area contributed by atoms with Crippen LogP contribution in [0.4, 0.5) is 0 Å². The van der Waals surface area contributed by atoms with Crippen molar-refractivity contribution < 1.29 is 14.7 Å². The lowest BCUT2D eigenvalue weighted by Gasteiger charge is -2.19. The summed E-state index contributed by atoms with van der Waals surface area (Å²) in [6.45, 7) is 4.71. The Kier molecular flexibility index (Phi) is 12.7. The molecular weight excluding hydrogens is 314 g/mol. The molecule has 4 nitrogen and oxygen atoms in total. The molecule has 1 rings (SSSR count). The molecule has 1 N–H and O–H groups in total. The van der Waals surface area contributed by atoms with E-state index in [-0.39, 0.29) is 0 Å². The first-order valence-electron chi connectivity index (χ1n) is 9.85. The minimum atomic E-state index is -0.518. The smallest absolute Gasteiger partial charge is 0.228 e. The van der Waals surface area contributed by atoms with E-state index in [9.17, 15) is 5.21 Å². The number of rotatable bonds is 14. The fourth-order valence-corrected chi connectivity index (χ4v) is 2.80. The van der Waals surface area contributed by atoms with Crippen molar-refractivity contribution in [3.05, 3.63) is 35.9 Å². The highest BCUT2D eigenvalue weighted by atomic mass is 16.7. The zero-order chi connectivity index (χ0) is 18.2. The maximum absolute atomic E-state index is 9.22. The molecule has 0 saturated carbocycles. The molecule has 0 aliphatic heterocycles. The minimum absolute atomic E-state index is 0.352. The standard InChI is InChI=1S/C21H35NO3/c1-3-5-6-7-8-9-10-11-15-18-20(22-23)25-21(24-4-2)19-16-13-12-14-17-19/h12-14,16-17,21,23H,3-11,15,18H2,1-2H3. The predicted octanol–water partition coefficient (Wildman–Crippen LogP) is 6.45. The van der Waals surface area contributed by atoms with E-state index < -0.39 is 6.29 Å². The van der Waals surface area contributed by atoms with Crippen molar-refractivity contribution in [2.45, 2.75) is 84.3 Å². The summed E-state index contributed by atoms with van der Waals surface area (Å²) in [6, 6.07) is 9.75. The molecule has 0 fully saturated rings. The SMILES string of the molecule is CCCCCCCCCCCC(=NO)OC(OCC)c1ccccc1. The van der Waals surface area contributed by atoms with Gasteiger partial charge in [-0.1, -0.05) is 93.8 Å². The van der Waals surface area contributed by atoms with Crippen molar-refractivity contribution in [2.24, 2.45) is 5.16 Å². The second-order valence-corrected chi connectivity index (χ2v) is 6.39. The third kappa shape index (κ3) is 10.1. The monoisotopic (exact) mass is 349 g/mol. The first-order chi connectivity index (χ1) is 12.3. The van der Waals surface area contributed by atoms with Crippen molar-refractivity contribution in [1.29, 1.82) is 0 Å². The lowest BCUT2D eigenvalue weighted by molar-refractivity contribution is -0.0905. The molecule has 0 saturated heterocycles. The summed E-state index contributed by atoms with van der Waals surface area (Å²) >= 11 is 0. The van der Waals surface area contributed by atoms with Gasteiger partial charge in [0.2, 0.25) is 12.2 Å². The van der Waals surface area contributed by atoms with E-state index in [0.29, 0.717) is 18.9 Å². The van der Waals surface area contributed by atoms with Crippen LogP contribution in [0.1, 0.15) is 89.9 Å². The Morgan fingerprint density at radius 3 is 2.08 bits per heavy atom. The average molecular weight is 350 g/mol. The molecule has 0 aliphatic rings. The van der Waals surface area contributed by atoms with Crippen LogP contribution in [0.25, 0.3) is 0 Å². The van der Waals surface area contributed by atoms with Gasteiger partial charge in [-0.2, -0.15) is 0 Å². The molecule has 1 aromatic rings. The van der Waals surface area contributed by atoms with Crippen LogP contribution in [-0.4, -0.2) is 17.7 Å². The second-order valence-electron chi connectivity index (χ2n) is 6.39. The highest BCUT2D eigenvalue weighted by molar-refractivity contribution is 5.75. The first-order valence-corrected chi connectivity index (χ1v) is 9.85. The van der Waals surface area contributed by atoms with Crippen LogP contribution in [-0.2, 0) is 9.47 Å². The molecule has 1 atom stereocenters. The lowest BCUT2D eigenvalue weighted by Crippen LogP contribution is -2.14. The molecule has 4 heteroatoms. The van der Waals surface area contributed by atoms with Gasteiger partial charge in [0.1, 0.15) is 0 Å². The maximum Gasteiger partial charge on any atom is 0.228 e. The van der Waals surface area contributed by atoms with Gasteiger partial charge in [-0.3, -0.25) is 0 Å². The molecular formula is C21H35NO3. The van der Waals surface area contributed by atoms with E-state index in [1.54, 1.807) is 0 Å². The first kappa shape index (κ1) is 21.5. The van der Waals surface area contributed by atoms with Crippen molar-refractivity contribution in [1.82, 2.24) is 0 Å². The zero-order valence-electron chi connectivity index (χ0n) is 16.0. The molecule has 142 valence electrons. The highest BCUT2D eigenvalue weighted by Gasteiger charge is 2.15. The Morgan fingerprint density at radius 1 is 0.920 bits per heavy atom. The summed E-state index contributed by atoms with van der Waals surface area (Å²) in [6.07, 6.45) is 11.5. The zero-order valence-corrected chi connectivity index (χ0v) is 16.0. The van der Waals surface area contributed by atoms with Crippen LogP contribution in [0.5, 0.6) is 0 Å². The quantitative estimate of drug-likeness (QED) is 0.105. The van der Waals surface area contributed by atoms with Gasteiger partial charge < -0.3 is 14.7 Å². The predicted molar refractivity (Wildman–Crippen MR) is 103 cm³/mol. The fraction of sp³-hybridized carbons (Fsp3) is 0.667. The number of oxime groups is 1. The van der Waals surface area contributed by atoms with E-state index in [0.717, 1.165) is 18.4 Å². The number of ether oxygens (including phenoxy) is 2. The van der Waals surface area contributed by atoms with Crippen LogP contribution in [0.15, 0.2) is 35.5 Å². The Hall–Kier alpha value is -1.55. The Labute approximate surface area is 153 Å². The molecule has 0 heterocycles. The van der Waals surface area contributed by atoms with Gasteiger partial charge in [0.05, 0.1) is 0 Å². The number of hydrogen-bond acceptors (Lipinski definition) is 4. The summed E-state index contributed by atoms with van der Waals surface area (Å²) in [4.78, 5) is 0. The summed E-state index contributed by atoms with van der Waals surface area (Å²) in [7, 11) is 0. The maximum atomic E-state index is 9.22. The van der Waals surface area contributed by atoms with Crippen LogP contribution >= 0.6 is 0 Å².